The van der Waals surface area contributed by atoms with Crippen LogP contribution in [-0.2, 0) is 10.3 Å². The highest BCUT2D eigenvalue weighted by molar-refractivity contribution is 7.80. The number of hydrazine groups is 1. The molecule has 118 valence electrons. The van der Waals surface area contributed by atoms with Gasteiger partial charge in [-0.2, -0.15) is 5.01 Å². The molecule has 7 heteroatoms. The summed E-state index contributed by atoms with van der Waals surface area (Å²) >= 11 is 5.10. The summed E-state index contributed by atoms with van der Waals surface area (Å²) in [5.74, 6) is -0.362. The lowest BCUT2D eigenvalue weighted by Crippen LogP contribution is -2.52. The van der Waals surface area contributed by atoms with Gasteiger partial charge in [0.2, 0.25) is 0 Å². The first kappa shape index (κ1) is 16.2. The highest BCUT2D eigenvalue weighted by atomic mass is 32.1. The molecule has 0 saturated carbocycles. The fraction of sp³-hybridized carbons (Fsp3) is 0.400. The topological polar surface area (TPSA) is 73.5 Å². The van der Waals surface area contributed by atoms with Gasteiger partial charge in [0.1, 0.15) is 5.54 Å². The minimum atomic E-state index is -1.06. The SMILES string of the molecule is CC[C@]1(c2ccccc2)NC(=O)N(NC(=S)NC(C)C)C1=O. The van der Waals surface area contributed by atoms with Crippen molar-refractivity contribution in [2.45, 2.75) is 38.8 Å². The number of hydrogen-bond acceptors (Lipinski definition) is 3. The van der Waals surface area contributed by atoms with Crippen molar-refractivity contribution in [3.05, 3.63) is 35.9 Å². The van der Waals surface area contributed by atoms with Crippen molar-refractivity contribution >= 4 is 29.3 Å². The van der Waals surface area contributed by atoms with Gasteiger partial charge >= 0.3 is 6.03 Å². The Balaban J connectivity index is 2.25. The van der Waals surface area contributed by atoms with Crippen LogP contribution in [0.2, 0.25) is 0 Å². The van der Waals surface area contributed by atoms with Gasteiger partial charge in [-0.15, -0.1) is 0 Å². The molecular formula is C15H20N4O2S. The number of amides is 3. The normalized spacial score (nSPS) is 21.0. The van der Waals surface area contributed by atoms with Crippen molar-refractivity contribution < 1.29 is 9.59 Å². The van der Waals surface area contributed by atoms with Gasteiger partial charge in [0, 0.05) is 6.04 Å². The number of rotatable bonds is 4. The maximum atomic E-state index is 12.8. The van der Waals surface area contributed by atoms with Crippen LogP contribution in [0.5, 0.6) is 0 Å². The Labute approximate surface area is 135 Å². The van der Waals surface area contributed by atoms with E-state index in [1.54, 1.807) is 0 Å². The molecule has 1 aliphatic heterocycles. The van der Waals surface area contributed by atoms with E-state index in [2.05, 4.69) is 16.1 Å². The molecule has 1 aliphatic rings. The molecule has 2 rings (SSSR count). The molecule has 1 heterocycles. The van der Waals surface area contributed by atoms with E-state index >= 15 is 0 Å². The molecule has 0 aliphatic carbocycles. The first-order chi connectivity index (χ1) is 10.4. The van der Waals surface area contributed by atoms with Crippen LogP contribution in [0.4, 0.5) is 4.79 Å². The molecule has 0 radical (unpaired) electrons. The Kier molecular flexibility index (Phi) is 4.65. The minimum Gasteiger partial charge on any atom is -0.359 e. The van der Waals surface area contributed by atoms with E-state index < -0.39 is 11.6 Å². The van der Waals surface area contributed by atoms with Crippen molar-refractivity contribution in [1.29, 1.82) is 0 Å². The average molecular weight is 320 g/mol. The lowest BCUT2D eigenvalue weighted by Gasteiger charge is -2.26. The third-order valence-corrected chi connectivity index (χ3v) is 3.73. The molecule has 3 N–H and O–H groups in total. The van der Waals surface area contributed by atoms with Gasteiger partial charge in [-0.3, -0.25) is 10.2 Å². The van der Waals surface area contributed by atoms with Crippen molar-refractivity contribution in [2.75, 3.05) is 0 Å². The van der Waals surface area contributed by atoms with Crippen LogP contribution in [0.15, 0.2) is 30.3 Å². The number of hydrogen-bond donors (Lipinski definition) is 3. The Morgan fingerprint density at radius 3 is 2.50 bits per heavy atom. The summed E-state index contributed by atoms with van der Waals surface area (Å²) in [7, 11) is 0. The summed E-state index contributed by atoms with van der Waals surface area (Å²) in [4.78, 5) is 25.0. The van der Waals surface area contributed by atoms with E-state index in [-0.39, 0.29) is 17.1 Å². The molecule has 1 aromatic rings. The third-order valence-electron chi connectivity index (χ3n) is 3.52. The minimum absolute atomic E-state index is 0.103. The maximum absolute atomic E-state index is 12.8. The van der Waals surface area contributed by atoms with Crippen LogP contribution in [-0.4, -0.2) is 28.1 Å². The summed E-state index contributed by atoms with van der Waals surface area (Å²) in [5.41, 5.74) is 2.36. The van der Waals surface area contributed by atoms with Crippen LogP contribution >= 0.6 is 12.2 Å². The molecule has 3 amide bonds. The van der Waals surface area contributed by atoms with E-state index in [0.717, 1.165) is 10.6 Å². The van der Waals surface area contributed by atoms with Crippen LogP contribution in [0, 0.1) is 0 Å². The molecule has 0 aromatic heterocycles. The predicted octanol–water partition coefficient (Wildman–Crippen LogP) is 1.63. The third kappa shape index (κ3) is 2.89. The van der Waals surface area contributed by atoms with Crippen molar-refractivity contribution in [1.82, 2.24) is 21.1 Å². The van der Waals surface area contributed by atoms with Gasteiger partial charge in [-0.05, 0) is 38.0 Å². The number of thiocarbonyl (C=S) groups is 1. The molecule has 1 aromatic carbocycles. The lowest BCUT2D eigenvalue weighted by atomic mass is 9.87. The lowest BCUT2D eigenvalue weighted by molar-refractivity contribution is -0.133. The molecule has 1 fully saturated rings. The zero-order valence-corrected chi connectivity index (χ0v) is 13.7. The molecule has 6 nitrogen and oxygen atoms in total. The Bertz CT molecular complexity index is 590. The van der Waals surface area contributed by atoms with E-state index in [4.69, 9.17) is 12.2 Å². The van der Waals surface area contributed by atoms with Gasteiger partial charge in [0.05, 0.1) is 0 Å². The van der Waals surface area contributed by atoms with E-state index in [0.29, 0.717) is 6.42 Å². The number of urea groups is 1. The highest BCUT2D eigenvalue weighted by Gasteiger charge is 2.51. The van der Waals surface area contributed by atoms with Crippen LogP contribution in [0.3, 0.4) is 0 Å². The fourth-order valence-electron chi connectivity index (χ4n) is 2.43. The predicted molar refractivity (Wildman–Crippen MR) is 87.8 cm³/mol. The van der Waals surface area contributed by atoms with Gasteiger partial charge in [-0.1, -0.05) is 37.3 Å². The summed E-state index contributed by atoms with van der Waals surface area (Å²) in [6.07, 6.45) is 0.449. The second-order valence-electron chi connectivity index (χ2n) is 5.44. The molecule has 0 bridgehead atoms. The molecule has 1 saturated heterocycles. The summed E-state index contributed by atoms with van der Waals surface area (Å²) in [6, 6.07) is 8.80. The van der Waals surface area contributed by atoms with Crippen molar-refractivity contribution in [2.24, 2.45) is 0 Å². The smallest absolute Gasteiger partial charge is 0.344 e. The molecule has 1 atom stereocenters. The Morgan fingerprint density at radius 1 is 1.32 bits per heavy atom. The standard InChI is InChI=1S/C15H20N4O2S/c1-4-15(11-8-6-5-7-9-11)12(20)19(14(21)17-15)18-13(22)16-10(2)3/h5-10H,4H2,1-3H3,(H,17,21)(H2,16,18,22)/t15-/m1/s1. The Hall–Kier alpha value is -2.15. The van der Waals surface area contributed by atoms with E-state index in [1.165, 1.54) is 0 Å². The second kappa shape index (κ2) is 6.31. The quantitative estimate of drug-likeness (QED) is 0.581. The zero-order chi connectivity index (χ0) is 16.3. The highest BCUT2D eigenvalue weighted by Crippen LogP contribution is 2.31. The monoisotopic (exact) mass is 320 g/mol. The molecular weight excluding hydrogens is 300 g/mol. The number of benzene rings is 1. The molecule has 0 spiro atoms. The van der Waals surface area contributed by atoms with Crippen LogP contribution < -0.4 is 16.1 Å². The van der Waals surface area contributed by atoms with Crippen molar-refractivity contribution in [3.63, 3.8) is 0 Å². The van der Waals surface area contributed by atoms with Crippen LogP contribution in [0.25, 0.3) is 0 Å². The van der Waals surface area contributed by atoms with Crippen molar-refractivity contribution in [3.8, 4) is 0 Å². The summed E-state index contributed by atoms with van der Waals surface area (Å²) in [6.45, 7) is 5.69. The number of carbonyl (C=O) groups excluding carboxylic acids is 2. The van der Waals surface area contributed by atoms with Gasteiger partial charge < -0.3 is 10.6 Å². The van der Waals surface area contributed by atoms with Gasteiger partial charge in [-0.25, -0.2) is 4.79 Å². The summed E-state index contributed by atoms with van der Waals surface area (Å²) in [5, 5.41) is 6.90. The first-order valence-corrected chi connectivity index (χ1v) is 7.61. The zero-order valence-electron chi connectivity index (χ0n) is 12.8. The number of nitrogens with zero attached hydrogens (tertiary/aromatic N) is 1. The van der Waals surface area contributed by atoms with Gasteiger partial charge in [0.15, 0.2) is 5.11 Å². The second-order valence-corrected chi connectivity index (χ2v) is 5.84. The molecule has 22 heavy (non-hydrogen) atoms. The number of carbonyl (C=O) groups is 2. The van der Waals surface area contributed by atoms with E-state index in [9.17, 15) is 9.59 Å². The van der Waals surface area contributed by atoms with Crippen LogP contribution in [0.1, 0.15) is 32.8 Å². The van der Waals surface area contributed by atoms with Gasteiger partial charge in [0.25, 0.3) is 5.91 Å². The largest absolute Gasteiger partial charge is 0.359 e. The van der Waals surface area contributed by atoms with E-state index in [1.807, 2.05) is 51.1 Å². The number of imide groups is 1. The number of nitrogens with one attached hydrogen (secondary N) is 3. The Morgan fingerprint density at radius 2 is 1.95 bits per heavy atom. The summed E-state index contributed by atoms with van der Waals surface area (Å²) < 4.78 is 0. The first-order valence-electron chi connectivity index (χ1n) is 7.20. The fourth-order valence-corrected chi connectivity index (χ4v) is 2.76. The molecule has 0 unspecified atom stereocenters. The average Bonchev–Trinajstić information content (AvgIpc) is 2.72. The maximum Gasteiger partial charge on any atom is 0.344 e.